The highest BCUT2D eigenvalue weighted by Gasteiger charge is 2.61. The second-order valence-corrected chi connectivity index (χ2v) is 11.1. The SMILES string of the molecule is Cc1nn(C)cc1/C=C1\C[C@@H]2[C@H]3CC[C@H]4C[C@H](O)CC[C@]4(C)[C@@H]3CC[C@@]2(C)C1=O. The fraction of sp³-hybridized carbons (Fsp3) is 0.760. The van der Waals surface area contributed by atoms with Gasteiger partial charge in [-0.05, 0) is 99.0 Å². The van der Waals surface area contributed by atoms with Crippen molar-refractivity contribution in [3.8, 4) is 0 Å². The molecule has 5 rings (SSSR count). The summed E-state index contributed by atoms with van der Waals surface area (Å²) < 4.78 is 1.84. The summed E-state index contributed by atoms with van der Waals surface area (Å²) in [5.41, 5.74) is 3.30. The number of carbonyl (C=O) groups is 1. The van der Waals surface area contributed by atoms with E-state index < -0.39 is 0 Å². The summed E-state index contributed by atoms with van der Waals surface area (Å²) in [6, 6.07) is 0. The lowest BCUT2D eigenvalue weighted by Gasteiger charge is -2.59. The predicted molar refractivity (Wildman–Crippen MR) is 114 cm³/mol. The van der Waals surface area contributed by atoms with Crippen LogP contribution >= 0.6 is 0 Å². The number of aliphatic hydroxyl groups excluding tert-OH is 1. The van der Waals surface area contributed by atoms with Gasteiger partial charge in [0.25, 0.3) is 0 Å². The summed E-state index contributed by atoms with van der Waals surface area (Å²) in [7, 11) is 1.94. The van der Waals surface area contributed by atoms with Crippen molar-refractivity contribution in [2.45, 2.75) is 78.2 Å². The van der Waals surface area contributed by atoms with Crippen LogP contribution in [0.15, 0.2) is 11.8 Å². The van der Waals surface area contributed by atoms with Crippen molar-refractivity contribution >= 4 is 11.9 Å². The number of fused-ring (bicyclic) bond motifs is 5. The third-order valence-corrected chi connectivity index (χ3v) is 9.66. The largest absolute Gasteiger partial charge is 0.393 e. The maximum absolute atomic E-state index is 13.5. The van der Waals surface area contributed by atoms with Gasteiger partial charge in [0, 0.05) is 24.2 Å². The van der Waals surface area contributed by atoms with Gasteiger partial charge in [0.15, 0.2) is 5.78 Å². The molecule has 1 heterocycles. The van der Waals surface area contributed by atoms with E-state index >= 15 is 0 Å². The number of aryl methyl sites for hydroxylation is 2. The average molecular weight is 397 g/mol. The number of Topliss-reactive ketones (excluding diaryl/α,β-unsaturated/α-hetero) is 1. The van der Waals surface area contributed by atoms with Crippen LogP contribution in [0.3, 0.4) is 0 Å². The zero-order valence-corrected chi connectivity index (χ0v) is 18.4. The van der Waals surface area contributed by atoms with Gasteiger partial charge in [-0.1, -0.05) is 13.8 Å². The van der Waals surface area contributed by atoms with Crippen LogP contribution < -0.4 is 0 Å². The number of aromatic nitrogens is 2. The van der Waals surface area contributed by atoms with Gasteiger partial charge >= 0.3 is 0 Å². The molecule has 4 fully saturated rings. The Morgan fingerprint density at radius 2 is 1.97 bits per heavy atom. The Kier molecular flexibility index (Phi) is 4.40. The number of aliphatic hydroxyl groups is 1. The zero-order chi connectivity index (χ0) is 20.6. The number of carbonyl (C=O) groups excluding carboxylic acids is 1. The van der Waals surface area contributed by atoms with Crippen LogP contribution in [0.1, 0.15) is 76.5 Å². The topological polar surface area (TPSA) is 55.1 Å². The molecule has 0 unspecified atom stereocenters. The Labute approximate surface area is 174 Å². The van der Waals surface area contributed by atoms with E-state index in [0.29, 0.717) is 29.0 Å². The first-order valence-electron chi connectivity index (χ1n) is 11.7. The van der Waals surface area contributed by atoms with Crippen LogP contribution in [-0.2, 0) is 11.8 Å². The van der Waals surface area contributed by atoms with Gasteiger partial charge < -0.3 is 5.11 Å². The Balaban J connectivity index is 1.46. The second-order valence-electron chi connectivity index (χ2n) is 11.1. The molecule has 0 amide bonds. The molecule has 4 nitrogen and oxygen atoms in total. The summed E-state index contributed by atoms with van der Waals surface area (Å²) in [5.74, 6) is 2.94. The van der Waals surface area contributed by atoms with Crippen LogP contribution in [0.2, 0.25) is 0 Å². The molecule has 4 saturated carbocycles. The predicted octanol–water partition coefficient (Wildman–Crippen LogP) is 4.69. The fourth-order valence-corrected chi connectivity index (χ4v) is 7.98. The third-order valence-electron chi connectivity index (χ3n) is 9.66. The number of nitrogens with zero attached hydrogens (tertiary/aromatic N) is 2. The van der Waals surface area contributed by atoms with Crippen molar-refractivity contribution in [2.24, 2.45) is 41.5 Å². The fourth-order valence-electron chi connectivity index (χ4n) is 7.98. The van der Waals surface area contributed by atoms with Gasteiger partial charge in [-0.25, -0.2) is 0 Å². The van der Waals surface area contributed by atoms with Gasteiger partial charge in [-0.3, -0.25) is 9.48 Å². The number of hydrogen-bond acceptors (Lipinski definition) is 3. The molecule has 1 N–H and O–H groups in total. The minimum Gasteiger partial charge on any atom is -0.393 e. The Bertz CT molecular complexity index is 870. The van der Waals surface area contributed by atoms with Crippen LogP contribution in [0.25, 0.3) is 6.08 Å². The first kappa shape index (κ1) is 19.5. The van der Waals surface area contributed by atoms with Crippen LogP contribution in [0.4, 0.5) is 0 Å². The molecule has 29 heavy (non-hydrogen) atoms. The first-order valence-corrected chi connectivity index (χ1v) is 11.7. The highest BCUT2D eigenvalue weighted by atomic mass is 16.3. The number of ketones is 1. The molecule has 1 aromatic rings. The molecule has 4 aliphatic rings. The van der Waals surface area contributed by atoms with Crippen molar-refractivity contribution in [2.75, 3.05) is 0 Å². The van der Waals surface area contributed by atoms with E-state index in [1.165, 1.54) is 19.3 Å². The molecule has 0 spiro atoms. The van der Waals surface area contributed by atoms with E-state index in [9.17, 15) is 9.90 Å². The highest BCUT2D eigenvalue weighted by Crippen LogP contribution is 2.66. The molecular weight excluding hydrogens is 360 g/mol. The lowest BCUT2D eigenvalue weighted by Crippen LogP contribution is -2.54. The van der Waals surface area contributed by atoms with E-state index in [0.717, 1.165) is 54.9 Å². The summed E-state index contributed by atoms with van der Waals surface area (Å²) in [4.78, 5) is 13.5. The standard InChI is InChI=1S/C25H36N2O2/c1-15-17(14-27(4)26-15)11-16-12-22-20-6-5-18-13-19(28)7-9-24(18,2)21(20)8-10-25(22,3)23(16)29/h11,14,18-22,28H,5-10,12-13H2,1-4H3/b16-11+/t18-,19+,20-,21+,22+,24-,25+/m0/s1. The van der Waals surface area contributed by atoms with Crippen LogP contribution in [0.5, 0.6) is 0 Å². The molecule has 7 atom stereocenters. The van der Waals surface area contributed by atoms with Crippen LogP contribution in [-0.4, -0.2) is 26.8 Å². The summed E-state index contributed by atoms with van der Waals surface area (Å²) in [6.07, 6.45) is 12.8. The summed E-state index contributed by atoms with van der Waals surface area (Å²) >= 11 is 0. The first-order chi connectivity index (χ1) is 13.7. The Morgan fingerprint density at radius 1 is 1.17 bits per heavy atom. The molecule has 1 aromatic heterocycles. The van der Waals surface area contributed by atoms with E-state index in [-0.39, 0.29) is 11.5 Å². The van der Waals surface area contributed by atoms with Crippen molar-refractivity contribution in [1.29, 1.82) is 0 Å². The summed E-state index contributed by atoms with van der Waals surface area (Å²) in [5, 5.41) is 14.7. The van der Waals surface area contributed by atoms with E-state index in [1.807, 2.05) is 24.9 Å². The molecule has 0 bridgehead atoms. The average Bonchev–Trinajstić information content (AvgIpc) is 3.12. The third kappa shape index (κ3) is 2.81. The molecule has 0 radical (unpaired) electrons. The molecular formula is C25H36N2O2. The number of rotatable bonds is 1. The molecule has 158 valence electrons. The smallest absolute Gasteiger partial charge is 0.165 e. The molecule has 0 aromatic carbocycles. The monoisotopic (exact) mass is 396 g/mol. The maximum Gasteiger partial charge on any atom is 0.165 e. The van der Waals surface area contributed by atoms with Gasteiger partial charge in [0.1, 0.15) is 0 Å². The van der Waals surface area contributed by atoms with Crippen molar-refractivity contribution in [1.82, 2.24) is 9.78 Å². The van der Waals surface area contributed by atoms with Gasteiger partial charge in [0.2, 0.25) is 0 Å². The van der Waals surface area contributed by atoms with Crippen molar-refractivity contribution in [3.05, 3.63) is 23.0 Å². The van der Waals surface area contributed by atoms with E-state index in [4.69, 9.17) is 0 Å². The Morgan fingerprint density at radius 3 is 2.69 bits per heavy atom. The van der Waals surface area contributed by atoms with Gasteiger partial charge in [-0.2, -0.15) is 5.10 Å². The van der Waals surface area contributed by atoms with Gasteiger partial charge in [0.05, 0.1) is 11.8 Å². The number of allylic oxidation sites excluding steroid dienone is 1. The Hall–Kier alpha value is -1.42. The van der Waals surface area contributed by atoms with E-state index in [2.05, 4.69) is 25.0 Å². The van der Waals surface area contributed by atoms with E-state index in [1.54, 1.807) is 0 Å². The zero-order valence-electron chi connectivity index (χ0n) is 18.4. The minimum absolute atomic E-state index is 0.0937. The second kappa shape index (κ2) is 6.54. The van der Waals surface area contributed by atoms with Crippen LogP contribution in [0, 0.1) is 41.4 Å². The highest BCUT2D eigenvalue weighted by molar-refractivity contribution is 6.06. The lowest BCUT2D eigenvalue weighted by atomic mass is 9.45. The van der Waals surface area contributed by atoms with Gasteiger partial charge in [-0.15, -0.1) is 0 Å². The number of hydrogen-bond donors (Lipinski definition) is 1. The maximum atomic E-state index is 13.5. The summed E-state index contributed by atoms with van der Waals surface area (Å²) in [6.45, 7) is 6.79. The van der Waals surface area contributed by atoms with Crippen molar-refractivity contribution < 1.29 is 9.90 Å². The molecule has 0 saturated heterocycles. The normalized spacial score (nSPS) is 45.8. The molecule has 4 aliphatic carbocycles. The molecule has 4 heteroatoms. The molecule has 0 aliphatic heterocycles. The van der Waals surface area contributed by atoms with Crippen molar-refractivity contribution in [3.63, 3.8) is 0 Å². The quantitative estimate of drug-likeness (QED) is 0.701. The lowest BCUT2D eigenvalue weighted by molar-refractivity contribution is -0.141. The minimum atomic E-state index is -0.180.